The van der Waals surface area contributed by atoms with E-state index < -0.39 is 6.04 Å². The Hall–Kier alpha value is -1.17. The Morgan fingerprint density at radius 1 is 1.44 bits per heavy atom. The average molecular weight is 286 g/mol. The van der Waals surface area contributed by atoms with Gasteiger partial charge in [0.05, 0.1) is 16.3 Å². The molecule has 4 nitrogen and oxygen atoms in total. The molecule has 1 aromatic heterocycles. The maximum absolute atomic E-state index is 11.5. The molecule has 0 aliphatic heterocycles. The van der Waals surface area contributed by atoms with Crippen LogP contribution in [0.5, 0.6) is 0 Å². The van der Waals surface area contributed by atoms with Crippen molar-refractivity contribution in [1.82, 2.24) is 4.98 Å². The van der Waals surface area contributed by atoms with Gasteiger partial charge in [0, 0.05) is 0 Å². The summed E-state index contributed by atoms with van der Waals surface area (Å²) in [4.78, 5) is 15.9. The number of fused-ring (bicyclic) bond motifs is 1. The summed E-state index contributed by atoms with van der Waals surface area (Å²) in [6.45, 7) is 5.72. The number of aromatic nitrogens is 1. The topological polar surface area (TPSA) is 68.0 Å². The smallest absolute Gasteiger partial charge is 0.242 e. The predicted molar refractivity (Wildman–Crippen MR) is 78.6 cm³/mol. The molecule has 1 heterocycles. The number of nitrogens with two attached hydrogens (primary N) is 1. The minimum absolute atomic E-state index is 0. The molecule has 0 fully saturated rings. The number of carbonyl (C=O) groups is 1. The standard InChI is InChI=1S/C12H15N3OS.ClH/c1-6-4-7(2)10-9(5-6)17-12(14-10)15-11(16)8(3)13;/h4-5,8H,13H2,1-3H3,(H,14,15,16);1H. The highest BCUT2D eigenvalue weighted by Gasteiger charge is 2.12. The monoisotopic (exact) mass is 285 g/mol. The molecule has 18 heavy (non-hydrogen) atoms. The molecule has 2 aromatic rings. The molecule has 0 radical (unpaired) electrons. The van der Waals surface area contributed by atoms with Crippen molar-refractivity contribution in [3.8, 4) is 0 Å². The van der Waals surface area contributed by atoms with Gasteiger partial charge in [-0.3, -0.25) is 4.79 Å². The van der Waals surface area contributed by atoms with Crippen LogP contribution in [-0.4, -0.2) is 16.9 Å². The Labute approximate surface area is 116 Å². The molecule has 0 bridgehead atoms. The van der Waals surface area contributed by atoms with Crippen molar-refractivity contribution in [1.29, 1.82) is 0 Å². The summed E-state index contributed by atoms with van der Waals surface area (Å²) < 4.78 is 1.09. The molecule has 1 atom stereocenters. The minimum atomic E-state index is -0.523. The summed E-state index contributed by atoms with van der Waals surface area (Å²) in [6.07, 6.45) is 0. The van der Waals surface area contributed by atoms with Crippen LogP contribution in [0.2, 0.25) is 0 Å². The molecule has 98 valence electrons. The number of thiazole rings is 1. The molecule has 3 N–H and O–H groups in total. The summed E-state index contributed by atoms with van der Waals surface area (Å²) in [7, 11) is 0. The summed E-state index contributed by atoms with van der Waals surface area (Å²) >= 11 is 1.47. The third-order valence-electron chi connectivity index (χ3n) is 2.47. The van der Waals surface area contributed by atoms with Gasteiger partial charge in [-0.1, -0.05) is 17.4 Å². The van der Waals surface area contributed by atoms with E-state index in [9.17, 15) is 4.79 Å². The fourth-order valence-corrected chi connectivity index (χ4v) is 2.69. The van der Waals surface area contributed by atoms with Crippen molar-refractivity contribution in [3.05, 3.63) is 23.3 Å². The maximum Gasteiger partial charge on any atom is 0.242 e. The largest absolute Gasteiger partial charge is 0.320 e. The number of hydrogen-bond donors (Lipinski definition) is 2. The Balaban J connectivity index is 0.00000162. The van der Waals surface area contributed by atoms with Crippen LogP contribution < -0.4 is 11.1 Å². The van der Waals surface area contributed by atoms with Crippen molar-refractivity contribution < 1.29 is 4.79 Å². The Bertz CT molecular complexity index is 580. The van der Waals surface area contributed by atoms with E-state index in [0.29, 0.717) is 5.13 Å². The molecule has 6 heteroatoms. The summed E-state index contributed by atoms with van der Waals surface area (Å²) in [5.41, 5.74) is 8.76. The second-order valence-electron chi connectivity index (χ2n) is 4.23. The van der Waals surface area contributed by atoms with E-state index in [0.717, 1.165) is 15.8 Å². The van der Waals surface area contributed by atoms with E-state index in [1.54, 1.807) is 6.92 Å². The highest BCUT2D eigenvalue weighted by atomic mass is 35.5. The first-order valence-electron chi connectivity index (χ1n) is 5.41. The number of aryl methyl sites for hydroxylation is 2. The summed E-state index contributed by atoms with van der Waals surface area (Å²) in [5, 5.41) is 3.33. The molecule has 2 rings (SSSR count). The number of nitrogens with one attached hydrogen (secondary N) is 1. The Morgan fingerprint density at radius 3 is 2.72 bits per heavy atom. The molecule has 0 aliphatic rings. The lowest BCUT2D eigenvalue weighted by molar-refractivity contribution is -0.117. The van der Waals surface area contributed by atoms with E-state index in [-0.39, 0.29) is 18.3 Å². The van der Waals surface area contributed by atoms with Crippen molar-refractivity contribution in [2.24, 2.45) is 5.73 Å². The molecular weight excluding hydrogens is 270 g/mol. The molecule has 1 amide bonds. The lowest BCUT2D eigenvalue weighted by atomic mass is 10.1. The van der Waals surface area contributed by atoms with Crippen LogP contribution >= 0.6 is 23.7 Å². The number of halogens is 1. The number of hydrogen-bond acceptors (Lipinski definition) is 4. The van der Waals surface area contributed by atoms with E-state index in [4.69, 9.17) is 5.73 Å². The third kappa shape index (κ3) is 2.98. The zero-order valence-electron chi connectivity index (χ0n) is 10.5. The molecule has 1 unspecified atom stereocenters. The molecule has 0 spiro atoms. The van der Waals surface area contributed by atoms with Crippen LogP contribution in [0.4, 0.5) is 5.13 Å². The van der Waals surface area contributed by atoms with Crippen molar-refractivity contribution in [3.63, 3.8) is 0 Å². The molecule has 1 aromatic carbocycles. The zero-order chi connectivity index (χ0) is 12.6. The van der Waals surface area contributed by atoms with Gasteiger partial charge < -0.3 is 11.1 Å². The van der Waals surface area contributed by atoms with E-state index >= 15 is 0 Å². The maximum atomic E-state index is 11.5. The number of amides is 1. The van der Waals surface area contributed by atoms with Gasteiger partial charge in [-0.05, 0) is 38.0 Å². The number of carbonyl (C=O) groups excluding carboxylic acids is 1. The van der Waals surface area contributed by atoms with Gasteiger partial charge in [0.15, 0.2) is 5.13 Å². The number of nitrogens with zero attached hydrogens (tertiary/aromatic N) is 1. The van der Waals surface area contributed by atoms with Crippen LogP contribution in [-0.2, 0) is 4.79 Å². The first kappa shape index (κ1) is 14.9. The van der Waals surface area contributed by atoms with Crippen LogP contribution in [0.15, 0.2) is 12.1 Å². The fourth-order valence-electron chi connectivity index (χ4n) is 1.64. The van der Waals surface area contributed by atoms with Gasteiger partial charge in [0.1, 0.15) is 0 Å². The molecule has 0 saturated heterocycles. The number of anilines is 1. The number of rotatable bonds is 2. The first-order valence-corrected chi connectivity index (χ1v) is 6.23. The van der Waals surface area contributed by atoms with Crippen molar-refractivity contribution in [2.75, 3.05) is 5.32 Å². The van der Waals surface area contributed by atoms with Gasteiger partial charge in [-0.15, -0.1) is 12.4 Å². The normalized spacial score (nSPS) is 12.0. The van der Waals surface area contributed by atoms with Crippen molar-refractivity contribution in [2.45, 2.75) is 26.8 Å². The Kier molecular flexibility index (Phi) is 4.67. The second kappa shape index (κ2) is 5.65. The predicted octanol–water partition coefficient (Wildman–Crippen LogP) is 2.62. The van der Waals surface area contributed by atoms with Crippen molar-refractivity contribution >= 4 is 45.0 Å². The highest BCUT2D eigenvalue weighted by molar-refractivity contribution is 7.22. The molecule has 0 saturated carbocycles. The zero-order valence-corrected chi connectivity index (χ0v) is 12.1. The average Bonchev–Trinajstić information content (AvgIpc) is 2.60. The van der Waals surface area contributed by atoms with Gasteiger partial charge in [-0.2, -0.15) is 0 Å². The highest BCUT2D eigenvalue weighted by Crippen LogP contribution is 2.29. The van der Waals surface area contributed by atoms with E-state index in [2.05, 4.69) is 22.4 Å². The quantitative estimate of drug-likeness (QED) is 0.891. The van der Waals surface area contributed by atoms with Crippen LogP contribution in [0, 0.1) is 13.8 Å². The third-order valence-corrected chi connectivity index (χ3v) is 3.39. The van der Waals surface area contributed by atoms with Gasteiger partial charge >= 0.3 is 0 Å². The molecular formula is C12H16ClN3OS. The van der Waals surface area contributed by atoms with Crippen LogP contribution in [0.25, 0.3) is 10.2 Å². The molecule has 0 aliphatic carbocycles. The minimum Gasteiger partial charge on any atom is -0.320 e. The lowest BCUT2D eigenvalue weighted by Crippen LogP contribution is -2.32. The lowest BCUT2D eigenvalue weighted by Gasteiger charge is -2.03. The van der Waals surface area contributed by atoms with E-state index in [1.807, 2.05) is 13.8 Å². The van der Waals surface area contributed by atoms with Crippen LogP contribution in [0.3, 0.4) is 0 Å². The number of benzene rings is 1. The second-order valence-corrected chi connectivity index (χ2v) is 5.26. The summed E-state index contributed by atoms with van der Waals surface area (Å²) in [6, 6.07) is 3.63. The van der Waals surface area contributed by atoms with E-state index in [1.165, 1.54) is 16.9 Å². The SMILES string of the molecule is Cc1cc(C)c2nc(NC(=O)C(C)N)sc2c1.Cl. The van der Waals surface area contributed by atoms with Gasteiger partial charge in [-0.25, -0.2) is 4.98 Å². The van der Waals surface area contributed by atoms with Gasteiger partial charge in [0.2, 0.25) is 5.91 Å². The first-order chi connectivity index (χ1) is 7.97. The van der Waals surface area contributed by atoms with Crippen LogP contribution in [0.1, 0.15) is 18.1 Å². The summed E-state index contributed by atoms with van der Waals surface area (Å²) in [5.74, 6) is -0.210. The Morgan fingerprint density at radius 2 is 2.11 bits per heavy atom. The fraction of sp³-hybridized carbons (Fsp3) is 0.333. The van der Waals surface area contributed by atoms with Gasteiger partial charge in [0.25, 0.3) is 0 Å².